The first-order valence-corrected chi connectivity index (χ1v) is 18.4. The van der Waals surface area contributed by atoms with Gasteiger partial charge >= 0.3 is 0 Å². The molecule has 4 saturated heterocycles. The maximum absolute atomic E-state index is 12.3. The Morgan fingerprint density at radius 2 is 1.82 bits per heavy atom. The lowest BCUT2D eigenvalue weighted by Gasteiger charge is -2.57. The smallest absolute Gasteiger partial charge is 0.245 e. The average Bonchev–Trinajstić information content (AvgIpc) is 3.82. The Balaban J connectivity index is 1.18. The molecule has 0 unspecified atom stereocenters. The Bertz CT molecular complexity index is 1960. The number of rotatable bonds is 7. The van der Waals surface area contributed by atoms with Crippen LogP contribution in [0.4, 0.5) is 11.8 Å². The number of likely N-dealkylation sites (N-methyl/N-ethyl adjacent to an activating group) is 1. The van der Waals surface area contributed by atoms with Crippen molar-refractivity contribution in [3.05, 3.63) is 48.2 Å². The van der Waals surface area contributed by atoms with Crippen molar-refractivity contribution >= 4 is 39.5 Å². The van der Waals surface area contributed by atoms with E-state index < -0.39 is 0 Å². The third-order valence-electron chi connectivity index (χ3n) is 12.4. The molecular weight excluding hydrogens is 612 g/mol. The molecule has 6 heterocycles. The van der Waals surface area contributed by atoms with E-state index in [-0.39, 0.29) is 16.9 Å². The molecule has 2 spiro atoms. The highest BCUT2D eigenvalue weighted by molar-refractivity contribution is 6.06. The predicted molar refractivity (Wildman–Crippen MR) is 195 cm³/mol. The molecule has 0 bridgehead atoms. The standard InChI is InChI=1S/C39H48N8O2/c1-5-31(48)46-21-38(22-46)14-17-45(18-15-38)36-28-19-27(26-10-11-26)33(32-25(3)9-12-30-29(32)20-40-43-30)35(49-6-2)34(28)41-37(42-36)47-23-39(24-47)13-7-8-16-44(39)4/h5,9,12,19-20,26H,1,6-8,10-11,13-18,21-24H2,2-4H3,(H,40,43). The number of nitrogens with zero attached hydrogens (tertiary/aromatic N) is 7. The van der Waals surface area contributed by atoms with Gasteiger partial charge < -0.3 is 19.4 Å². The number of hydrogen-bond acceptors (Lipinski definition) is 8. The van der Waals surface area contributed by atoms with E-state index in [4.69, 9.17) is 14.7 Å². The largest absolute Gasteiger partial charge is 0.491 e. The molecule has 5 fully saturated rings. The van der Waals surface area contributed by atoms with Gasteiger partial charge in [0.15, 0.2) is 5.75 Å². The number of fused-ring (bicyclic) bond motifs is 2. The number of H-pyrrole nitrogens is 1. The lowest BCUT2D eigenvalue weighted by Crippen LogP contribution is -2.71. The van der Waals surface area contributed by atoms with Crippen molar-refractivity contribution < 1.29 is 9.53 Å². The molecule has 9 rings (SSSR count). The van der Waals surface area contributed by atoms with Gasteiger partial charge in [0.1, 0.15) is 11.3 Å². The summed E-state index contributed by atoms with van der Waals surface area (Å²) in [6.07, 6.45) is 11.6. The molecule has 2 aromatic heterocycles. The molecule has 256 valence electrons. The predicted octanol–water partition coefficient (Wildman–Crippen LogP) is 6.05. The zero-order chi connectivity index (χ0) is 33.5. The molecule has 1 saturated carbocycles. The van der Waals surface area contributed by atoms with Gasteiger partial charge in [-0.3, -0.25) is 14.8 Å². The molecule has 4 aromatic rings. The van der Waals surface area contributed by atoms with Crippen molar-refractivity contribution in [2.75, 3.05) is 69.3 Å². The summed E-state index contributed by atoms with van der Waals surface area (Å²) < 4.78 is 6.75. The lowest BCUT2D eigenvalue weighted by molar-refractivity contribution is -0.139. The number of hydrogen-bond donors (Lipinski definition) is 1. The minimum atomic E-state index is 0.0450. The molecule has 10 nitrogen and oxygen atoms in total. The van der Waals surface area contributed by atoms with Crippen LogP contribution >= 0.6 is 0 Å². The van der Waals surface area contributed by atoms with Crippen molar-refractivity contribution in [2.24, 2.45) is 5.41 Å². The molecule has 1 N–H and O–H groups in total. The maximum atomic E-state index is 12.3. The Labute approximate surface area is 288 Å². The summed E-state index contributed by atoms with van der Waals surface area (Å²) in [7, 11) is 2.29. The van der Waals surface area contributed by atoms with E-state index in [1.54, 1.807) is 0 Å². The first kappa shape index (κ1) is 30.8. The summed E-state index contributed by atoms with van der Waals surface area (Å²) in [5.74, 6) is 3.24. The van der Waals surface area contributed by atoms with Gasteiger partial charge in [0.25, 0.3) is 0 Å². The van der Waals surface area contributed by atoms with Crippen LogP contribution in [0.5, 0.6) is 5.75 Å². The van der Waals surface area contributed by atoms with Gasteiger partial charge in [-0.05, 0) is 107 Å². The van der Waals surface area contributed by atoms with E-state index in [1.807, 2.05) is 11.1 Å². The quantitative estimate of drug-likeness (QED) is 0.240. The fourth-order valence-electron chi connectivity index (χ4n) is 9.32. The van der Waals surface area contributed by atoms with Crippen LogP contribution in [-0.4, -0.2) is 101 Å². The number of carbonyl (C=O) groups excluding carboxylic acids is 1. The minimum Gasteiger partial charge on any atom is -0.491 e. The molecule has 10 heteroatoms. The second-order valence-electron chi connectivity index (χ2n) is 15.6. The van der Waals surface area contributed by atoms with Gasteiger partial charge in [0.2, 0.25) is 11.9 Å². The van der Waals surface area contributed by atoms with Crippen LogP contribution in [0.15, 0.2) is 37.1 Å². The van der Waals surface area contributed by atoms with E-state index in [0.29, 0.717) is 12.5 Å². The summed E-state index contributed by atoms with van der Waals surface area (Å²) in [4.78, 5) is 32.5. The van der Waals surface area contributed by atoms with E-state index in [0.717, 1.165) is 98.0 Å². The van der Waals surface area contributed by atoms with Crippen LogP contribution in [0.25, 0.3) is 32.9 Å². The lowest BCUT2D eigenvalue weighted by atomic mass is 9.72. The number of likely N-dealkylation sites (tertiary alicyclic amines) is 2. The Morgan fingerprint density at radius 1 is 1.02 bits per heavy atom. The molecule has 1 aliphatic carbocycles. The fraction of sp³-hybridized carbons (Fsp3) is 0.538. The molecular formula is C39H48N8O2. The van der Waals surface area contributed by atoms with Crippen LogP contribution in [0.3, 0.4) is 0 Å². The Morgan fingerprint density at radius 3 is 2.53 bits per heavy atom. The highest BCUT2D eigenvalue weighted by Gasteiger charge is 2.49. The monoisotopic (exact) mass is 660 g/mol. The molecule has 49 heavy (non-hydrogen) atoms. The van der Waals surface area contributed by atoms with Gasteiger partial charge in [-0.2, -0.15) is 10.1 Å². The van der Waals surface area contributed by atoms with Gasteiger partial charge in [-0.25, -0.2) is 4.98 Å². The molecule has 5 aliphatic rings. The number of carbonyl (C=O) groups is 1. The van der Waals surface area contributed by atoms with Crippen molar-refractivity contribution in [3.63, 3.8) is 0 Å². The number of aromatic amines is 1. The van der Waals surface area contributed by atoms with Gasteiger partial charge in [-0.15, -0.1) is 0 Å². The minimum absolute atomic E-state index is 0.0450. The summed E-state index contributed by atoms with van der Waals surface area (Å²) in [5.41, 5.74) is 7.25. The van der Waals surface area contributed by atoms with Crippen LogP contribution in [-0.2, 0) is 4.79 Å². The second-order valence-corrected chi connectivity index (χ2v) is 15.6. The highest BCUT2D eigenvalue weighted by Crippen LogP contribution is 2.53. The third-order valence-corrected chi connectivity index (χ3v) is 12.4. The maximum Gasteiger partial charge on any atom is 0.245 e. The summed E-state index contributed by atoms with van der Waals surface area (Å²) in [6.45, 7) is 15.1. The number of anilines is 2. The number of ether oxygens (including phenoxy) is 1. The molecule has 4 aliphatic heterocycles. The van der Waals surface area contributed by atoms with Crippen molar-refractivity contribution in [1.82, 2.24) is 30.0 Å². The van der Waals surface area contributed by atoms with Crippen molar-refractivity contribution in [2.45, 2.75) is 70.3 Å². The van der Waals surface area contributed by atoms with Crippen molar-refractivity contribution in [1.29, 1.82) is 0 Å². The zero-order valence-electron chi connectivity index (χ0n) is 29.2. The zero-order valence-corrected chi connectivity index (χ0v) is 29.2. The number of benzene rings is 2. The fourth-order valence-corrected chi connectivity index (χ4v) is 9.32. The molecule has 1 amide bonds. The van der Waals surface area contributed by atoms with E-state index in [2.05, 4.69) is 70.6 Å². The summed E-state index contributed by atoms with van der Waals surface area (Å²) in [6, 6.07) is 6.72. The van der Waals surface area contributed by atoms with Crippen LogP contribution in [0, 0.1) is 12.3 Å². The average molecular weight is 661 g/mol. The van der Waals surface area contributed by atoms with Gasteiger partial charge in [0, 0.05) is 61.0 Å². The third kappa shape index (κ3) is 4.92. The highest BCUT2D eigenvalue weighted by atomic mass is 16.5. The number of piperidine rings is 2. The number of nitrogens with one attached hydrogen (secondary N) is 1. The van der Waals surface area contributed by atoms with E-state index in [9.17, 15) is 4.79 Å². The van der Waals surface area contributed by atoms with Gasteiger partial charge in [0.05, 0.1) is 23.9 Å². The first-order valence-electron chi connectivity index (χ1n) is 18.4. The number of amides is 1. The normalized spacial score (nSPS) is 21.7. The summed E-state index contributed by atoms with van der Waals surface area (Å²) in [5, 5.41) is 9.85. The molecule has 0 radical (unpaired) electrons. The van der Waals surface area contributed by atoms with E-state index >= 15 is 0 Å². The number of aryl methyl sites for hydroxylation is 1. The molecule has 0 atom stereocenters. The first-order chi connectivity index (χ1) is 23.8. The summed E-state index contributed by atoms with van der Waals surface area (Å²) >= 11 is 0. The van der Waals surface area contributed by atoms with E-state index in [1.165, 1.54) is 60.4 Å². The number of aromatic nitrogens is 4. The Kier molecular flexibility index (Phi) is 7.20. The van der Waals surface area contributed by atoms with Crippen molar-refractivity contribution in [3.8, 4) is 16.9 Å². The topological polar surface area (TPSA) is 93.7 Å². The SMILES string of the molecule is C=CC(=O)N1CC2(CCN(c3nc(N4CC5(CCCCN5C)C4)nc4c(OCC)c(-c5c(C)ccc6[nH]ncc56)c(C5CC5)cc34)CC2)C1. The Hall–Kier alpha value is -4.18. The second kappa shape index (κ2) is 11.4. The van der Waals surface area contributed by atoms with Crippen LogP contribution in [0.1, 0.15) is 68.9 Å². The van der Waals surface area contributed by atoms with Crippen LogP contribution < -0.4 is 14.5 Å². The van der Waals surface area contributed by atoms with Crippen LogP contribution in [0.2, 0.25) is 0 Å². The van der Waals surface area contributed by atoms with Gasteiger partial charge in [-0.1, -0.05) is 19.1 Å². The molecule has 2 aromatic carbocycles.